The smallest absolute Gasteiger partial charge is 0.228 e. The van der Waals surface area contributed by atoms with Crippen LogP contribution in [0.15, 0.2) is 24.3 Å². The van der Waals surface area contributed by atoms with Crippen LogP contribution in [0.25, 0.3) is 0 Å². The lowest BCUT2D eigenvalue weighted by Gasteiger charge is -2.22. The molecule has 7 heteroatoms. The van der Waals surface area contributed by atoms with Gasteiger partial charge in [-0.25, -0.2) is 8.42 Å². The fourth-order valence-electron chi connectivity index (χ4n) is 1.82. The van der Waals surface area contributed by atoms with Gasteiger partial charge in [0.25, 0.3) is 0 Å². The van der Waals surface area contributed by atoms with Crippen molar-refractivity contribution in [3.05, 3.63) is 29.8 Å². The van der Waals surface area contributed by atoms with Gasteiger partial charge in [0.15, 0.2) is 0 Å². The van der Waals surface area contributed by atoms with Crippen LogP contribution in [0.3, 0.4) is 0 Å². The van der Waals surface area contributed by atoms with Gasteiger partial charge in [-0.1, -0.05) is 12.1 Å². The molecular weight excluding hydrogens is 292 g/mol. The van der Waals surface area contributed by atoms with Crippen molar-refractivity contribution >= 4 is 27.3 Å². The van der Waals surface area contributed by atoms with E-state index in [9.17, 15) is 18.0 Å². The van der Waals surface area contributed by atoms with Crippen molar-refractivity contribution in [1.82, 2.24) is 0 Å². The number of rotatable bonds is 7. The van der Waals surface area contributed by atoms with Gasteiger partial charge in [0.1, 0.15) is 9.84 Å². The molecule has 1 aromatic rings. The molecule has 0 bridgehead atoms. The Morgan fingerprint density at radius 3 is 2.43 bits per heavy atom. The number of hydrogen-bond donors (Lipinski definition) is 1. The summed E-state index contributed by atoms with van der Waals surface area (Å²) in [6.07, 6.45) is 0.991. The number of primary amides is 1. The Morgan fingerprint density at radius 1 is 1.24 bits per heavy atom. The highest BCUT2D eigenvalue weighted by Gasteiger charge is 2.18. The summed E-state index contributed by atoms with van der Waals surface area (Å²) in [5.74, 6) is -1.07. The third-order valence-electron chi connectivity index (χ3n) is 2.88. The molecule has 0 fully saturated rings. The van der Waals surface area contributed by atoms with Crippen molar-refractivity contribution in [1.29, 1.82) is 0 Å². The van der Waals surface area contributed by atoms with E-state index in [-0.39, 0.29) is 31.0 Å². The quantitative estimate of drug-likeness (QED) is 0.798. The van der Waals surface area contributed by atoms with Crippen LogP contribution in [-0.2, 0) is 19.4 Å². The summed E-state index contributed by atoms with van der Waals surface area (Å²) in [6, 6.07) is 7.23. The zero-order chi connectivity index (χ0) is 16.0. The molecule has 0 heterocycles. The van der Waals surface area contributed by atoms with Crippen molar-refractivity contribution in [2.45, 2.75) is 19.8 Å². The minimum Gasteiger partial charge on any atom is -0.370 e. The second kappa shape index (κ2) is 7.21. The van der Waals surface area contributed by atoms with E-state index in [4.69, 9.17) is 5.73 Å². The first-order chi connectivity index (χ1) is 9.69. The predicted molar refractivity (Wildman–Crippen MR) is 81.7 cm³/mol. The molecule has 21 heavy (non-hydrogen) atoms. The van der Waals surface area contributed by atoms with E-state index in [0.717, 1.165) is 11.8 Å². The zero-order valence-corrected chi connectivity index (χ0v) is 13.0. The van der Waals surface area contributed by atoms with Gasteiger partial charge in [-0.2, -0.15) is 0 Å². The summed E-state index contributed by atoms with van der Waals surface area (Å²) >= 11 is 0. The largest absolute Gasteiger partial charge is 0.370 e. The van der Waals surface area contributed by atoms with Crippen LogP contribution >= 0.6 is 0 Å². The van der Waals surface area contributed by atoms with Gasteiger partial charge >= 0.3 is 0 Å². The van der Waals surface area contributed by atoms with Gasteiger partial charge in [0.2, 0.25) is 11.8 Å². The fraction of sp³-hybridized carbons (Fsp3) is 0.429. The van der Waals surface area contributed by atoms with E-state index in [2.05, 4.69) is 0 Å². The highest BCUT2D eigenvalue weighted by atomic mass is 32.2. The van der Waals surface area contributed by atoms with Crippen LogP contribution in [0.5, 0.6) is 0 Å². The van der Waals surface area contributed by atoms with Gasteiger partial charge < -0.3 is 10.6 Å². The van der Waals surface area contributed by atoms with Crippen molar-refractivity contribution in [3.8, 4) is 0 Å². The van der Waals surface area contributed by atoms with E-state index in [1.165, 1.54) is 4.90 Å². The Balaban J connectivity index is 2.91. The van der Waals surface area contributed by atoms with E-state index in [0.29, 0.717) is 5.69 Å². The molecule has 0 aliphatic rings. The summed E-state index contributed by atoms with van der Waals surface area (Å²) in [4.78, 5) is 24.6. The molecule has 0 spiro atoms. The molecule has 0 aliphatic heterocycles. The molecular formula is C14H20N2O4S. The first-order valence-electron chi connectivity index (χ1n) is 6.52. The Bertz CT molecular complexity index is 626. The third-order valence-corrected chi connectivity index (χ3v) is 3.83. The number of amides is 2. The zero-order valence-electron chi connectivity index (χ0n) is 12.2. The maximum Gasteiger partial charge on any atom is 0.228 e. The first-order valence-corrected chi connectivity index (χ1v) is 8.58. The molecule has 0 aliphatic carbocycles. The first kappa shape index (κ1) is 17.2. The maximum absolute atomic E-state index is 12.2. The van der Waals surface area contributed by atoms with Gasteiger partial charge in [0.05, 0.1) is 5.75 Å². The van der Waals surface area contributed by atoms with Crippen LogP contribution in [0.1, 0.15) is 18.4 Å². The number of nitrogens with two attached hydrogens (primary N) is 1. The van der Waals surface area contributed by atoms with Crippen LogP contribution < -0.4 is 10.6 Å². The molecule has 1 rings (SSSR count). The molecule has 0 atom stereocenters. The molecule has 0 saturated carbocycles. The Hall–Kier alpha value is -1.89. The van der Waals surface area contributed by atoms with Crippen LogP contribution in [-0.4, -0.2) is 38.8 Å². The van der Waals surface area contributed by atoms with Crippen LogP contribution in [0.4, 0.5) is 5.69 Å². The average molecular weight is 312 g/mol. The van der Waals surface area contributed by atoms with E-state index < -0.39 is 15.7 Å². The second-order valence-corrected chi connectivity index (χ2v) is 7.24. The van der Waals surface area contributed by atoms with Crippen molar-refractivity contribution in [2.24, 2.45) is 5.73 Å². The van der Waals surface area contributed by atoms with Gasteiger partial charge in [0, 0.05) is 31.3 Å². The lowest BCUT2D eigenvalue weighted by atomic mass is 10.2. The second-order valence-electron chi connectivity index (χ2n) is 4.98. The van der Waals surface area contributed by atoms with E-state index in [1.807, 2.05) is 13.0 Å². The molecule has 2 N–H and O–H groups in total. The average Bonchev–Trinajstić information content (AvgIpc) is 2.35. The maximum atomic E-state index is 12.2. The van der Waals surface area contributed by atoms with E-state index in [1.54, 1.807) is 18.2 Å². The number of aryl methyl sites for hydroxylation is 1. The molecule has 116 valence electrons. The fourth-order valence-corrected chi connectivity index (χ4v) is 2.37. The molecule has 6 nitrogen and oxygen atoms in total. The molecule has 0 aromatic heterocycles. The molecule has 2 amide bonds. The van der Waals surface area contributed by atoms with Crippen molar-refractivity contribution < 1.29 is 18.0 Å². The molecule has 1 aromatic carbocycles. The molecule has 0 radical (unpaired) electrons. The number of carbonyl (C=O) groups is 2. The Morgan fingerprint density at radius 2 is 1.90 bits per heavy atom. The van der Waals surface area contributed by atoms with Gasteiger partial charge in [-0.05, 0) is 24.6 Å². The summed E-state index contributed by atoms with van der Waals surface area (Å²) in [7, 11) is -3.21. The lowest BCUT2D eigenvalue weighted by molar-refractivity contribution is -0.119. The summed E-state index contributed by atoms with van der Waals surface area (Å²) in [6.45, 7) is 2.03. The minimum absolute atomic E-state index is 0.0263. The van der Waals surface area contributed by atoms with Gasteiger partial charge in [-0.3, -0.25) is 9.59 Å². The number of nitrogens with zero attached hydrogens (tertiary/aromatic N) is 1. The molecule has 0 saturated heterocycles. The van der Waals surface area contributed by atoms with Crippen molar-refractivity contribution in [2.75, 3.05) is 23.5 Å². The summed E-state index contributed by atoms with van der Waals surface area (Å²) < 4.78 is 22.3. The highest BCUT2D eigenvalue weighted by molar-refractivity contribution is 7.90. The normalized spacial score (nSPS) is 11.1. The third kappa shape index (κ3) is 6.40. The van der Waals surface area contributed by atoms with Crippen LogP contribution in [0.2, 0.25) is 0 Å². The number of hydrogen-bond acceptors (Lipinski definition) is 4. The van der Waals surface area contributed by atoms with Gasteiger partial charge in [-0.15, -0.1) is 0 Å². The summed E-state index contributed by atoms with van der Waals surface area (Å²) in [5.41, 5.74) is 6.72. The lowest BCUT2D eigenvalue weighted by Crippen LogP contribution is -2.35. The highest BCUT2D eigenvalue weighted by Crippen LogP contribution is 2.17. The number of sulfone groups is 1. The Labute approximate surface area is 124 Å². The van der Waals surface area contributed by atoms with Crippen LogP contribution in [0, 0.1) is 6.92 Å². The minimum atomic E-state index is -3.21. The SMILES string of the molecule is Cc1cccc(N(CCC(N)=O)C(=O)CCS(C)(=O)=O)c1. The number of anilines is 1. The Kier molecular flexibility index (Phi) is 5.90. The number of carbonyl (C=O) groups excluding carboxylic acids is 2. The van der Waals surface area contributed by atoms with Crippen molar-refractivity contribution in [3.63, 3.8) is 0 Å². The van der Waals surface area contributed by atoms with E-state index >= 15 is 0 Å². The number of benzene rings is 1. The predicted octanol–water partition coefficient (Wildman–Crippen LogP) is 0.638. The standard InChI is InChI=1S/C14H20N2O4S/c1-11-4-3-5-12(10-11)16(8-6-13(15)17)14(18)7-9-21(2,19)20/h3-5,10H,6-9H2,1-2H3,(H2,15,17). The topological polar surface area (TPSA) is 97.5 Å². The summed E-state index contributed by atoms with van der Waals surface area (Å²) in [5, 5.41) is 0. The molecule has 0 unspecified atom stereocenters. The monoisotopic (exact) mass is 312 g/mol.